The van der Waals surface area contributed by atoms with E-state index in [-0.39, 0.29) is 11.6 Å². The fourth-order valence-electron chi connectivity index (χ4n) is 1.50. The van der Waals surface area contributed by atoms with Crippen LogP contribution in [0.15, 0.2) is 18.2 Å². The van der Waals surface area contributed by atoms with Crippen molar-refractivity contribution in [1.29, 1.82) is 0 Å². The monoisotopic (exact) mass is 195 g/mol. The highest BCUT2D eigenvalue weighted by Gasteiger charge is 2.20. The van der Waals surface area contributed by atoms with Gasteiger partial charge in [0.2, 0.25) is 0 Å². The number of aromatic carboxylic acids is 1. The van der Waals surface area contributed by atoms with E-state index in [1.54, 1.807) is 6.07 Å². The first kappa shape index (κ1) is 9.15. The largest absolute Gasteiger partial charge is 0.478 e. The molecule has 1 aliphatic rings. The van der Waals surface area contributed by atoms with Crippen LogP contribution in [0.1, 0.15) is 28.4 Å². The van der Waals surface area contributed by atoms with Gasteiger partial charge < -0.3 is 10.4 Å². The highest BCUT2D eigenvalue weighted by atomic mass is 19.1. The third-order valence-corrected chi connectivity index (χ3v) is 2.45. The number of halogens is 1. The number of nitrogens with one attached hydrogen (secondary N) is 1. The highest BCUT2D eigenvalue weighted by Crippen LogP contribution is 2.24. The molecule has 1 heterocycles. The molecule has 3 nitrogen and oxygen atoms in total. The fraction of sp³-hybridized carbons (Fsp3) is 0.300. The van der Waals surface area contributed by atoms with Crippen LogP contribution in [0.25, 0.3) is 0 Å². The van der Waals surface area contributed by atoms with E-state index in [0.29, 0.717) is 0 Å². The van der Waals surface area contributed by atoms with Gasteiger partial charge in [-0.25, -0.2) is 9.18 Å². The number of carboxylic acids is 1. The Bertz CT molecular complexity index is 374. The minimum absolute atomic E-state index is 0.189. The molecule has 1 atom stereocenters. The zero-order valence-corrected chi connectivity index (χ0v) is 7.46. The third-order valence-electron chi connectivity index (χ3n) is 2.45. The van der Waals surface area contributed by atoms with Crippen LogP contribution in [-0.2, 0) is 0 Å². The Kier molecular flexibility index (Phi) is 2.21. The van der Waals surface area contributed by atoms with Gasteiger partial charge >= 0.3 is 5.97 Å². The molecule has 0 spiro atoms. The van der Waals surface area contributed by atoms with E-state index >= 15 is 0 Å². The number of carbonyl (C=O) groups is 1. The van der Waals surface area contributed by atoms with Crippen molar-refractivity contribution in [3.63, 3.8) is 0 Å². The van der Waals surface area contributed by atoms with E-state index < -0.39 is 11.8 Å². The van der Waals surface area contributed by atoms with E-state index in [0.717, 1.165) is 18.5 Å². The number of rotatable bonds is 2. The third kappa shape index (κ3) is 1.48. The van der Waals surface area contributed by atoms with Crippen LogP contribution in [0, 0.1) is 5.82 Å². The zero-order chi connectivity index (χ0) is 10.1. The summed E-state index contributed by atoms with van der Waals surface area (Å²) in [5.74, 6) is -1.90. The fourth-order valence-corrected chi connectivity index (χ4v) is 1.50. The molecule has 2 N–H and O–H groups in total. The molecule has 0 bridgehead atoms. The van der Waals surface area contributed by atoms with E-state index in [9.17, 15) is 9.18 Å². The van der Waals surface area contributed by atoms with E-state index in [2.05, 4.69) is 5.32 Å². The second-order valence-electron chi connectivity index (χ2n) is 3.34. The molecule has 14 heavy (non-hydrogen) atoms. The number of hydrogen-bond acceptors (Lipinski definition) is 2. The molecule has 1 aromatic rings. The minimum Gasteiger partial charge on any atom is -0.478 e. The Morgan fingerprint density at radius 3 is 2.79 bits per heavy atom. The van der Waals surface area contributed by atoms with Crippen LogP contribution in [0.3, 0.4) is 0 Å². The van der Waals surface area contributed by atoms with Gasteiger partial charge in [0.15, 0.2) is 0 Å². The van der Waals surface area contributed by atoms with Crippen LogP contribution >= 0.6 is 0 Å². The Balaban J connectivity index is 2.34. The summed E-state index contributed by atoms with van der Waals surface area (Å²) in [5, 5.41) is 11.8. The first-order valence-electron chi connectivity index (χ1n) is 4.44. The molecule has 1 saturated heterocycles. The molecular formula is C10H10FNO2. The summed E-state index contributed by atoms with van der Waals surface area (Å²) in [6.07, 6.45) is 0.977. The molecule has 2 rings (SSSR count). The first-order valence-corrected chi connectivity index (χ1v) is 4.44. The maximum Gasteiger partial charge on any atom is 0.338 e. The molecule has 4 heteroatoms. The van der Waals surface area contributed by atoms with Gasteiger partial charge in [-0.1, -0.05) is 6.07 Å². The predicted octanol–water partition coefficient (Wildman–Crippen LogP) is 1.56. The summed E-state index contributed by atoms with van der Waals surface area (Å²) < 4.78 is 13.0. The topological polar surface area (TPSA) is 49.3 Å². The quantitative estimate of drug-likeness (QED) is 0.752. The Morgan fingerprint density at radius 1 is 1.57 bits per heavy atom. The van der Waals surface area contributed by atoms with Crippen molar-refractivity contribution in [2.45, 2.75) is 12.5 Å². The molecule has 74 valence electrons. The molecule has 0 aliphatic carbocycles. The number of carboxylic acid groups (broad SMARTS) is 1. The Labute approximate surface area is 80.6 Å². The lowest BCUT2D eigenvalue weighted by Crippen LogP contribution is -2.35. The SMILES string of the molecule is O=C(O)c1cc(C2CCN2)ccc1F. The molecular weight excluding hydrogens is 185 g/mol. The van der Waals surface area contributed by atoms with Crippen LogP contribution in [-0.4, -0.2) is 17.6 Å². The Morgan fingerprint density at radius 2 is 2.29 bits per heavy atom. The molecule has 1 unspecified atom stereocenters. The summed E-state index contributed by atoms with van der Waals surface area (Å²) >= 11 is 0. The van der Waals surface area contributed by atoms with E-state index in [4.69, 9.17) is 5.11 Å². The average molecular weight is 195 g/mol. The van der Waals surface area contributed by atoms with Crippen molar-refractivity contribution in [2.24, 2.45) is 0 Å². The van der Waals surface area contributed by atoms with Gasteiger partial charge in [-0.3, -0.25) is 0 Å². The van der Waals surface area contributed by atoms with Gasteiger partial charge in [0.05, 0.1) is 5.56 Å². The lowest BCUT2D eigenvalue weighted by molar-refractivity contribution is 0.0691. The van der Waals surface area contributed by atoms with E-state index in [1.807, 2.05) is 0 Å². The van der Waals surface area contributed by atoms with Crippen molar-refractivity contribution in [2.75, 3.05) is 6.54 Å². The predicted molar refractivity (Wildman–Crippen MR) is 48.7 cm³/mol. The smallest absolute Gasteiger partial charge is 0.338 e. The summed E-state index contributed by atoms with van der Waals surface area (Å²) in [4.78, 5) is 10.6. The summed E-state index contributed by atoms with van der Waals surface area (Å²) in [6.45, 7) is 0.935. The van der Waals surface area contributed by atoms with Crippen molar-refractivity contribution in [3.05, 3.63) is 35.1 Å². The normalized spacial score (nSPS) is 20.2. The van der Waals surface area contributed by atoms with Gasteiger partial charge in [-0.2, -0.15) is 0 Å². The number of hydrogen-bond donors (Lipinski definition) is 2. The standard InChI is InChI=1S/C10H10FNO2/c11-8-2-1-6(9-3-4-12-9)5-7(8)10(13)14/h1-2,5,9,12H,3-4H2,(H,13,14). The molecule has 1 aliphatic heterocycles. The summed E-state index contributed by atoms with van der Waals surface area (Å²) in [6, 6.07) is 4.42. The zero-order valence-electron chi connectivity index (χ0n) is 7.46. The summed E-state index contributed by atoms with van der Waals surface area (Å²) in [5.41, 5.74) is 0.589. The molecule has 0 radical (unpaired) electrons. The van der Waals surface area contributed by atoms with Crippen molar-refractivity contribution >= 4 is 5.97 Å². The molecule has 0 amide bonds. The van der Waals surface area contributed by atoms with Gasteiger partial charge in [0, 0.05) is 6.04 Å². The average Bonchev–Trinajstić information content (AvgIpc) is 2.04. The molecule has 0 saturated carbocycles. The van der Waals surface area contributed by atoms with Crippen LogP contribution in [0.4, 0.5) is 4.39 Å². The Hall–Kier alpha value is -1.42. The number of benzene rings is 1. The van der Waals surface area contributed by atoms with Crippen molar-refractivity contribution in [3.8, 4) is 0 Å². The van der Waals surface area contributed by atoms with Gasteiger partial charge in [-0.15, -0.1) is 0 Å². The van der Waals surface area contributed by atoms with Crippen LogP contribution in [0.2, 0.25) is 0 Å². The second kappa shape index (κ2) is 3.38. The second-order valence-corrected chi connectivity index (χ2v) is 3.34. The van der Waals surface area contributed by atoms with Crippen molar-refractivity contribution in [1.82, 2.24) is 5.32 Å². The lowest BCUT2D eigenvalue weighted by atomic mass is 9.96. The molecule has 1 aromatic carbocycles. The highest BCUT2D eigenvalue weighted by molar-refractivity contribution is 5.88. The van der Waals surface area contributed by atoms with Gasteiger partial charge in [-0.05, 0) is 30.7 Å². The van der Waals surface area contributed by atoms with Crippen molar-refractivity contribution < 1.29 is 14.3 Å². The molecule has 0 aromatic heterocycles. The van der Waals surface area contributed by atoms with Gasteiger partial charge in [0.1, 0.15) is 5.82 Å². The van der Waals surface area contributed by atoms with Crippen LogP contribution < -0.4 is 5.32 Å². The van der Waals surface area contributed by atoms with Gasteiger partial charge in [0.25, 0.3) is 0 Å². The molecule has 1 fully saturated rings. The van der Waals surface area contributed by atoms with E-state index in [1.165, 1.54) is 12.1 Å². The maximum atomic E-state index is 13.0. The summed E-state index contributed by atoms with van der Waals surface area (Å²) in [7, 11) is 0. The minimum atomic E-state index is -1.22. The van der Waals surface area contributed by atoms with Crippen LogP contribution in [0.5, 0.6) is 0 Å². The lowest BCUT2D eigenvalue weighted by Gasteiger charge is -2.28. The maximum absolute atomic E-state index is 13.0. The first-order chi connectivity index (χ1) is 6.68.